The minimum Gasteiger partial charge on any atom is -0.357 e. The lowest BCUT2D eigenvalue weighted by Gasteiger charge is -2.35. The number of guanidine groups is 1. The Hall–Kier alpha value is -1.32. The first-order valence-corrected chi connectivity index (χ1v) is 9.12. The first-order chi connectivity index (χ1) is 11.8. The highest BCUT2D eigenvalue weighted by Crippen LogP contribution is 2.20. The van der Waals surface area contributed by atoms with Crippen LogP contribution >= 0.6 is 24.0 Å². The van der Waals surface area contributed by atoms with E-state index in [4.69, 9.17) is 4.99 Å². The van der Waals surface area contributed by atoms with E-state index in [9.17, 15) is 4.79 Å². The smallest absolute Gasteiger partial charge is 0.246 e. The molecule has 0 radical (unpaired) electrons. The molecule has 8 heteroatoms. The second kappa shape index (κ2) is 10.1. The summed E-state index contributed by atoms with van der Waals surface area (Å²) in [7, 11) is 1.86. The van der Waals surface area contributed by atoms with Crippen molar-refractivity contribution in [1.29, 1.82) is 0 Å². The van der Waals surface area contributed by atoms with Gasteiger partial charge in [-0.1, -0.05) is 20.8 Å². The first-order valence-electron chi connectivity index (χ1n) is 9.12. The number of hydrogen-bond donors (Lipinski definition) is 1. The summed E-state index contributed by atoms with van der Waals surface area (Å²) in [5.41, 5.74) is 1.19. The Bertz CT molecular complexity index is 607. The molecule has 1 aliphatic heterocycles. The number of carbonyl (C=O) groups excluding carboxylic acids is 1. The van der Waals surface area contributed by atoms with Crippen LogP contribution in [0.3, 0.4) is 0 Å². The molecule has 148 valence electrons. The molecule has 1 aliphatic rings. The van der Waals surface area contributed by atoms with E-state index in [0.717, 1.165) is 44.1 Å². The zero-order chi connectivity index (χ0) is 18.4. The average molecular weight is 476 g/mol. The topological polar surface area (TPSA) is 65.8 Å². The van der Waals surface area contributed by atoms with E-state index in [0.29, 0.717) is 18.5 Å². The fraction of sp³-hybridized carbons (Fsp3) is 0.722. The first kappa shape index (κ1) is 22.7. The standard InChI is InChI=1S/C18H32N6O.HI/c1-6-19-17(20-9-7-8-18(2,3)4)23-10-11-24(16(25)14-23)15-12-21-22(5)13-15;/h12-13H,6-11,14H2,1-5H3,(H,19,20);1H. The predicted molar refractivity (Wildman–Crippen MR) is 117 cm³/mol. The van der Waals surface area contributed by atoms with Crippen LogP contribution in [0.15, 0.2) is 17.4 Å². The normalized spacial score (nSPS) is 15.9. The number of piperazine rings is 1. The van der Waals surface area contributed by atoms with Crippen molar-refractivity contribution in [2.75, 3.05) is 37.6 Å². The maximum absolute atomic E-state index is 12.5. The Balaban J connectivity index is 0.00000338. The molecule has 0 unspecified atom stereocenters. The van der Waals surface area contributed by atoms with Crippen LogP contribution in [0.25, 0.3) is 0 Å². The number of hydrogen-bond acceptors (Lipinski definition) is 3. The van der Waals surface area contributed by atoms with Gasteiger partial charge in [0.25, 0.3) is 0 Å². The van der Waals surface area contributed by atoms with Crippen molar-refractivity contribution in [3.63, 3.8) is 0 Å². The number of carbonyl (C=O) groups is 1. The van der Waals surface area contributed by atoms with Crippen molar-refractivity contribution in [1.82, 2.24) is 20.0 Å². The third kappa shape index (κ3) is 6.77. The second-order valence-electron chi connectivity index (χ2n) is 7.74. The van der Waals surface area contributed by atoms with Gasteiger partial charge < -0.3 is 15.1 Å². The van der Waals surface area contributed by atoms with Gasteiger partial charge in [-0.05, 0) is 25.2 Å². The zero-order valence-corrected chi connectivity index (χ0v) is 19.0. The van der Waals surface area contributed by atoms with E-state index < -0.39 is 0 Å². The molecule has 0 spiro atoms. The summed E-state index contributed by atoms with van der Waals surface area (Å²) in [6.07, 6.45) is 5.81. The molecule has 1 amide bonds. The van der Waals surface area contributed by atoms with Crippen molar-refractivity contribution in [3.8, 4) is 0 Å². The van der Waals surface area contributed by atoms with Gasteiger partial charge in [-0.3, -0.25) is 14.5 Å². The number of aromatic nitrogens is 2. The number of aryl methyl sites for hydroxylation is 1. The number of nitrogens with zero attached hydrogens (tertiary/aromatic N) is 5. The van der Waals surface area contributed by atoms with Gasteiger partial charge in [-0.15, -0.1) is 24.0 Å². The number of rotatable bonds is 5. The summed E-state index contributed by atoms with van der Waals surface area (Å²) < 4.78 is 1.72. The molecule has 1 fully saturated rings. The highest BCUT2D eigenvalue weighted by molar-refractivity contribution is 14.0. The summed E-state index contributed by atoms with van der Waals surface area (Å²) in [5, 5.41) is 7.47. The van der Waals surface area contributed by atoms with Gasteiger partial charge >= 0.3 is 0 Å². The molecule has 0 atom stereocenters. The average Bonchev–Trinajstić information content (AvgIpc) is 2.95. The van der Waals surface area contributed by atoms with Gasteiger partial charge in [0, 0.05) is 39.4 Å². The lowest BCUT2D eigenvalue weighted by Crippen LogP contribution is -2.55. The molecule has 0 aromatic carbocycles. The van der Waals surface area contributed by atoms with Crippen molar-refractivity contribution in [3.05, 3.63) is 12.4 Å². The number of nitrogens with one attached hydrogen (secondary N) is 1. The molecule has 7 nitrogen and oxygen atoms in total. The van der Waals surface area contributed by atoms with E-state index in [1.165, 1.54) is 0 Å². The molecule has 0 saturated carbocycles. The maximum atomic E-state index is 12.5. The molecule has 1 saturated heterocycles. The molecular weight excluding hydrogens is 443 g/mol. The molecule has 26 heavy (non-hydrogen) atoms. The van der Waals surface area contributed by atoms with Gasteiger partial charge in [-0.25, -0.2) is 0 Å². The molecule has 1 aromatic rings. The molecule has 0 aliphatic carbocycles. The monoisotopic (exact) mass is 476 g/mol. The molecule has 2 heterocycles. The number of halogens is 1. The van der Waals surface area contributed by atoms with Gasteiger partial charge in [-0.2, -0.15) is 5.10 Å². The lowest BCUT2D eigenvalue weighted by molar-refractivity contribution is -0.120. The van der Waals surface area contributed by atoms with Crippen molar-refractivity contribution >= 4 is 41.5 Å². The van der Waals surface area contributed by atoms with E-state index in [2.05, 4.69) is 43.0 Å². The van der Waals surface area contributed by atoms with E-state index >= 15 is 0 Å². The Morgan fingerprint density at radius 3 is 2.62 bits per heavy atom. The van der Waals surface area contributed by atoms with Gasteiger partial charge in [0.2, 0.25) is 5.91 Å². The predicted octanol–water partition coefficient (Wildman–Crippen LogP) is 2.48. The quantitative estimate of drug-likeness (QED) is 0.307. The van der Waals surface area contributed by atoms with Crippen LogP contribution in [0.4, 0.5) is 5.69 Å². The summed E-state index contributed by atoms with van der Waals surface area (Å²) >= 11 is 0. The third-order valence-electron chi connectivity index (χ3n) is 4.20. The van der Waals surface area contributed by atoms with Crippen LogP contribution in [-0.4, -0.2) is 59.3 Å². The van der Waals surface area contributed by atoms with Crippen LogP contribution in [0.5, 0.6) is 0 Å². The second-order valence-corrected chi connectivity index (χ2v) is 7.74. The Morgan fingerprint density at radius 2 is 2.08 bits per heavy atom. The van der Waals surface area contributed by atoms with Crippen LogP contribution < -0.4 is 10.2 Å². The van der Waals surface area contributed by atoms with Crippen molar-refractivity contribution in [2.45, 2.75) is 40.5 Å². The van der Waals surface area contributed by atoms with Crippen LogP contribution in [-0.2, 0) is 11.8 Å². The highest BCUT2D eigenvalue weighted by atomic mass is 127. The number of aliphatic imine (C=N–C) groups is 1. The molecule has 1 N–H and O–H groups in total. The summed E-state index contributed by atoms with van der Waals surface area (Å²) in [5.74, 6) is 0.926. The largest absolute Gasteiger partial charge is 0.357 e. The summed E-state index contributed by atoms with van der Waals surface area (Å²) in [6.45, 7) is 12.2. The third-order valence-corrected chi connectivity index (χ3v) is 4.20. The molecule has 0 bridgehead atoms. The lowest BCUT2D eigenvalue weighted by atomic mass is 9.91. The SMILES string of the molecule is CCNC(=NCCCC(C)(C)C)N1CCN(c2cnn(C)c2)C(=O)C1.I. The molecule has 1 aromatic heterocycles. The van der Waals surface area contributed by atoms with Gasteiger partial charge in [0.05, 0.1) is 11.9 Å². The minimum atomic E-state index is 0. The maximum Gasteiger partial charge on any atom is 0.246 e. The van der Waals surface area contributed by atoms with Gasteiger partial charge in [0.1, 0.15) is 6.54 Å². The summed E-state index contributed by atoms with van der Waals surface area (Å²) in [4.78, 5) is 21.1. The van der Waals surface area contributed by atoms with Crippen LogP contribution in [0, 0.1) is 5.41 Å². The molecule has 2 rings (SSSR count). The zero-order valence-electron chi connectivity index (χ0n) is 16.7. The number of amides is 1. The van der Waals surface area contributed by atoms with Crippen molar-refractivity contribution in [2.24, 2.45) is 17.5 Å². The van der Waals surface area contributed by atoms with Crippen LogP contribution in [0.1, 0.15) is 40.5 Å². The summed E-state index contributed by atoms with van der Waals surface area (Å²) in [6, 6.07) is 0. The minimum absolute atomic E-state index is 0. The molecular formula is C18H33IN6O. The fourth-order valence-corrected chi connectivity index (χ4v) is 2.89. The Kier molecular flexibility index (Phi) is 8.85. The van der Waals surface area contributed by atoms with Gasteiger partial charge in [0.15, 0.2) is 5.96 Å². The Labute approximate surface area is 174 Å². The van der Waals surface area contributed by atoms with Crippen LogP contribution in [0.2, 0.25) is 0 Å². The highest BCUT2D eigenvalue weighted by Gasteiger charge is 2.27. The fourth-order valence-electron chi connectivity index (χ4n) is 2.89. The van der Waals surface area contributed by atoms with E-state index in [-0.39, 0.29) is 29.9 Å². The van der Waals surface area contributed by atoms with E-state index in [1.807, 2.05) is 13.2 Å². The number of anilines is 1. The Morgan fingerprint density at radius 1 is 1.35 bits per heavy atom. The van der Waals surface area contributed by atoms with E-state index in [1.54, 1.807) is 15.8 Å². The van der Waals surface area contributed by atoms with Crippen molar-refractivity contribution < 1.29 is 4.79 Å².